The summed E-state index contributed by atoms with van der Waals surface area (Å²) < 4.78 is 16.5. The predicted octanol–water partition coefficient (Wildman–Crippen LogP) is 7.84. The van der Waals surface area contributed by atoms with Crippen LogP contribution in [0.25, 0.3) is 0 Å². The molecule has 6 heteroatoms. The number of ether oxygens (including phenoxy) is 3. The largest absolute Gasteiger partial charge is 0.466 e. The van der Waals surface area contributed by atoms with Gasteiger partial charge in [-0.2, -0.15) is 0 Å². The Morgan fingerprint density at radius 2 is 1.12 bits per heavy atom. The van der Waals surface area contributed by atoms with Crippen molar-refractivity contribution in [2.24, 2.45) is 0 Å². The lowest BCUT2D eigenvalue weighted by Gasteiger charge is -2.20. The van der Waals surface area contributed by atoms with Crippen LogP contribution in [0.5, 0.6) is 0 Å². The molecule has 0 saturated heterocycles. The number of esters is 2. The van der Waals surface area contributed by atoms with Crippen LogP contribution in [0.2, 0.25) is 0 Å². The smallest absolute Gasteiger partial charge is 0.319 e. The Labute approximate surface area is 208 Å². The van der Waals surface area contributed by atoms with E-state index in [0.717, 1.165) is 32.1 Å². The third-order valence-corrected chi connectivity index (χ3v) is 6.78. The summed E-state index contributed by atoms with van der Waals surface area (Å²) in [5, 5.41) is -0.580. The van der Waals surface area contributed by atoms with Crippen LogP contribution in [0, 0.1) is 0 Å². The monoisotopic (exact) mass is 488 g/mol. The zero-order valence-corrected chi connectivity index (χ0v) is 22.9. The molecule has 2 unspecified atom stereocenters. The van der Waals surface area contributed by atoms with Gasteiger partial charge in [-0.3, -0.25) is 9.59 Å². The lowest BCUT2D eigenvalue weighted by atomic mass is 10.1. The summed E-state index contributed by atoms with van der Waals surface area (Å²) in [5.74, 6) is -0.683. The number of carbonyl (C=O) groups is 2. The fourth-order valence-corrected chi connectivity index (χ4v) is 4.47. The number of hydrogen-bond donors (Lipinski definition) is 0. The van der Waals surface area contributed by atoms with Crippen molar-refractivity contribution in [3.8, 4) is 0 Å². The minimum atomic E-state index is -0.580. The minimum Gasteiger partial charge on any atom is -0.466 e. The van der Waals surface area contributed by atoms with Crippen molar-refractivity contribution in [1.29, 1.82) is 0 Å². The second-order valence-corrected chi connectivity index (χ2v) is 10.4. The van der Waals surface area contributed by atoms with Gasteiger partial charge in [0, 0.05) is 6.61 Å². The molecule has 0 saturated carbocycles. The van der Waals surface area contributed by atoms with Crippen molar-refractivity contribution in [2.75, 3.05) is 19.8 Å². The topological polar surface area (TPSA) is 61.8 Å². The van der Waals surface area contributed by atoms with Gasteiger partial charge < -0.3 is 14.2 Å². The molecule has 5 nitrogen and oxygen atoms in total. The highest BCUT2D eigenvalue weighted by Crippen LogP contribution is 2.24. The second-order valence-electron chi connectivity index (χ2n) is 8.90. The zero-order valence-electron chi connectivity index (χ0n) is 22.0. The lowest BCUT2D eigenvalue weighted by Crippen LogP contribution is -2.27. The molecular weight excluding hydrogens is 436 g/mol. The molecule has 0 aromatic carbocycles. The van der Waals surface area contributed by atoms with Crippen molar-refractivity contribution in [1.82, 2.24) is 0 Å². The highest BCUT2D eigenvalue weighted by atomic mass is 32.2. The van der Waals surface area contributed by atoms with Crippen molar-refractivity contribution >= 4 is 23.7 Å². The van der Waals surface area contributed by atoms with E-state index in [4.69, 9.17) is 14.2 Å². The van der Waals surface area contributed by atoms with Gasteiger partial charge in [-0.15, -0.1) is 11.8 Å². The molecule has 0 fully saturated rings. The summed E-state index contributed by atoms with van der Waals surface area (Å²) >= 11 is 1.36. The van der Waals surface area contributed by atoms with Crippen LogP contribution in [0.15, 0.2) is 0 Å². The molecule has 0 aromatic rings. The van der Waals surface area contributed by atoms with Gasteiger partial charge in [0.2, 0.25) is 0 Å². The van der Waals surface area contributed by atoms with Crippen LogP contribution in [-0.2, 0) is 23.8 Å². The Morgan fingerprint density at radius 3 is 1.67 bits per heavy atom. The quantitative estimate of drug-likeness (QED) is 0.0783. The first-order valence-electron chi connectivity index (χ1n) is 13.6. The Kier molecular flexibility index (Phi) is 23.8. The molecule has 0 bridgehead atoms. The van der Waals surface area contributed by atoms with Gasteiger partial charge in [-0.25, -0.2) is 0 Å². The van der Waals surface area contributed by atoms with Gasteiger partial charge in [0.05, 0.1) is 19.6 Å². The highest BCUT2D eigenvalue weighted by Gasteiger charge is 2.27. The minimum absolute atomic E-state index is 0.0332. The highest BCUT2D eigenvalue weighted by molar-refractivity contribution is 8.01. The molecule has 2 atom stereocenters. The molecule has 0 spiro atoms. The zero-order chi connectivity index (χ0) is 24.6. The third-order valence-electron chi connectivity index (χ3n) is 5.57. The van der Waals surface area contributed by atoms with Crippen LogP contribution in [-0.4, -0.2) is 42.4 Å². The van der Waals surface area contributed by atoms with Crippen LogP contribution in [0.1, 0.15) is 130 Å². The SMILES string of the molecule is CCCCCCCCCCCCCOC(C)SC(CC(=O)OCCCC)C(=O)OCCCC. The normalized spacial score (nSPS) is 13.0. The Bertz CT molecular complexity index is 458. The molecule has 0 radical (unpaired) electrons. The number of hydrogen-bond acceptors (Lipinski definition) is 6. The molecular formula is C27H52O5S. The summed E-state index contributed by atoms with van der Waals surface area (Å²) in [6, 6.07) is 0. The summed E-state index contributed by atoms with van der Waals surface area (Å²) in [6.07, 6.45) is 18.0. The van der Waals surface area contributed by atoms with Gasteiger partial charge in [0.25, 0.3) is 0 Å². The Hall–Kier alpha value is -0.750. The van der Waals surface area contributed by atoms with E-state index in [9.17, 15) is 9.59 Å². The van der Waals surface area contributed by atoms with E-state index in [0.29, 0.717) is 19.8 Å². The van der Waals surface area contributed by atoms with Crippen LogP contribution >= 0.6 is 11.8 Å². The summed E-state index contributed by atoms with van der Waals surface area (Å²) in [5.41, 5.74) is -0.166. The Morgan fingerprint density at radius 1 is 0.636 bits per heavy atom. The average Bonchev–Trinajstić information content (AvgIpc) is 2.79. The first-order chi connectivity index (χ1) is 16.0. The molecule has 33 heavy (non-hydrogen) atoms. The molecule has 0 aliphatic heterocycles. The summed E-state index contributed by atoms with van der Waals surface area (Å²) in [7, 11) is 0. The molecule has 0 N–H and O–H groups in total. The molecule has 196 valence electrons. The molecule has 0 aliphatic carbocycles. The van der Waals surface area contributed by atoms with Crippen molar-refractivity contribution < 1.29 is 23.8 Å². The van der Waals surface area contributed by atoms with Gasteiger partial charge in [-0.05, 0) is 26.2 Å². The van der Waals surface area contributed by atoms with Gasteiger partial charge in [-0.1, -0.05) is 97.8 Å². The maximum atomic E-state index is 12.5. The molecule has 0 heterocycles. The van der Waals surface area contributed by atoms with E-state index in [-0.39, 0.29) is 23.8 Å². The maximum Gasteiger partial charge on any atom is 0.319 e. The average molecular weight is 489 g/mol. The van der Waals surface area contributed by atoms with E-state index >= 15 is 0 Å². The van der Waals surface area contributed by atoms with Crippen molar-refractivity contribution in [3.05, 3.63) is 0 Å². The molecule has 0 amide bonds. The van der Waals surface area contributed by atoms with E-state index in [2.05, 4.69) is 13.8 Å². The number of unbranched alkanes of at least 4 members (excludes halogenated alkanes) is 12. The van der Waals surface area contributed by atoms with Crippen LogP contribution in [0.3, 0.4) is 0 Å². The number of thioether (sulfide) groups is 1. The van der Waals surface area contributed by atoms with Crippen molar-refractivity contribution in [2.45, 2.75) is 141 Å². The Balaban J connectivity index is 4.06. The second kappa shape index (κ2) is 24.4. The summed E-state index contributed by atoms with van der Waals surface area (Å²) in [4.78, 5) is 24.6. The van der Waals surface area contributed by atoms with Gasteiger partial charge in [0.15, 0.2) is 0 Å². The molecule has 0 aromatic heterocycles. The third kappa shape index (κ3) is 21.5. The van der Waals surface area contributed by atoms with Crippen LogP contribution < -0.4 is 0 Å². The fourth-order valence-electron chi connectivity index (χ4n) is 3.42. The first-order valence-corrected chi connectivity index (χ1v) is 14.6. The van der Waals surface area contributed by atoms with E-state index in [1.165, 1.54) is 76.0 Å². The fraction of sp³-hybridized carbons (Fsp3) is 0.926. The predicted molar refractivity (Wildman–Crippen MR) is 140 cm³/mol. The molecule has 0 aliphatic rings. The van der Waals surface area contributed by atoms with Crippen LogP contribution in [0.4, 0.5) is 0 Å². The summed E-state index contributed by atoms with van der Waals surface area (Å²) in [6.45, 7) is 9.78. The number of carbonyl (C=O) groups excluding carboxylic acids is 2. The van der Waals surface area contributed by atoms with Crippen molar-refractivity contribution in [3.63, 3.8) is 0 Å². The number of rotatable bonds is 24. The molecule has 0 rings (SSSR count). The van der Waals surface area contributed by atoms with Gasteiger partial charge in [0.1, 0.15) is 10.7 Å². The van der Waals surface area contributed by atoms with Gasteiger partial charge >= 0.3 is 11.9 Å². The first kappa shape index (κ1) is 32.2. The van der Waals surface area contributed by atoms with E-state index in [1.54, 1.807) is 0 Å². The van der Waals surface area contributed by atoms with E-state index < -0.39 is 5.25 Å². The van der Waals surface area contributed by atoms with E-state index in [1.807, 2.05) is 13.8 Å². The maximum absolute atomic E-state index is 12.5. The standard InChI is InChI=1S/C27H52O5S/c1-5-8-11-12-13-14-15-16-17-18-19-22-30-24(4)33-25(27(29)32-21-10-7-3)23-26(28)31-20-9-6-2/h24-25H,5-23H2,1-4H3. The lowest BCUT2D eigenvalue weighted by molar-refractivity contribution is -0.149.